The summed E-state index contributed by atoms with van der Waals surface area (Å²) in [5, 5.41) is 1.86. The third-order valence-corrected chi connectivity index (χ3v) is 1.91. The molecule has 1 aliphatic heterocycles. The lowest BCUT2D eigenvalue weighted by atomic mass is 10.3. The number of cyclic esters (lactones) is 1. The Bertz CT molecular complexity index is 211. The van der Waals surface area contributed by atoms with E-state index in [9.17, 15) is 9.36 Å². The van der Waals surface area contributed by atoms with E-state index < -0.39 is 19.8 Å². The van der Waals surface area contributed by atoms with Gasteiger partial charge in [0.05, 0.1) is 6.61 Å². The first-order valence-corrected chi connectivity index (χ1v) is 4.60. The zero-order valence-electron chi connectivity index (χ0n) is 5.56. The molecule has 64 valence electrons. The first-order chi connectivity index (χ1) is 4.99. The summed E-state index contributed by atoms with van der Waals surface area (Å²) in [6.07, 6.45) is 0.309. The van der Waals surface area contributed by atoms with Crippen molar-refractivity contribution in [1.82, 2.24) is 5.09 Å². The van der Waals surface area contributed by atoms with E-state index in [0.717, 1.165) is 0 Å². The molecule has 0 aromatic carbocycles. The van der Waals surface area contributed by atoms with Crippen LogP contribution < -0.4 is 5.09 Å². The molecule has 1 atom stereocenters. The molecule has 0 aromatic heterocycles. The number of nitrogens with one attached hydrogen (secondary N) is 1. The molecule has 0 radical (unpaired) electrons. The fourth-order valence-electron chi connectivity index (χ4n) is 0.816. The smallest absolute Gasteiger partial charge is 0.401 e. The van der Waals surface area contributed by atoms with Crippen LogP contribution in [0.2, 0.25) is 0 Å². The molecular formula is C4H8NO5P. The fourth-order valence-corrected chi connectivity index (χ4v) is 1.46. The van der Waals surface area contributed by atoms with Crippen LogP contribution in [0.4, 0.5) is 0 Å². The molecule has 0 saturated carbocycles. The van der Waals surface area contributed by atoms with E-state index in [1.807, 2.05) is 5.09 Å². The molecule has 3 N–H and O–H groups in total. The average Bonchev–Trinajstić information content (AvgIpc) is 2.12. The van der Waals surface area contributed by atoms with Crippen LogP contribution in [0.1, 0.15) is 6.42 Å². The Balaban J connectivity index is 2.50. The van der Waals surface area contributed by atoms with Crippen molar-refractivity contribution < 1.29 is 23.9 Å². The molecule has 1 rings (SSSR count). The predicted octanol–water partition coefficient (Wildman–Crippen LogP) is -1.02. The quantitative estimate of drug-likeness (QED) is 0.373. The maximum atomic E-state index is 10.6. The summed E-state index contributed by atoms with van der Waals surface area (Å²) in [6, 6.07) is -0.851. The Morgan fingerprint density at radius 1 is 1.64 bits per heavy atom. The van der Waals surface area contributed by atoms with Gasteiger partial charge in [-0.05, 0) is 0 Å². The molecule has 1 heterocycles. The predicted molar refractivity (Wildman–Crippen MR) is 34.5 cm³/mol. The largest absolute Gasteiger partial charge is 0.464 e. The molecule has 1 fully saturated rings. The lowest BCUT2D eigenvalue weighted by Crippen LogP contribution is -2.30. The second kappa shape index (κ2) is 2.91. The lowest BCUT2D eigenvalue weighted by molar-refractivity contribution is -0.139. The van der Waals surface area contributed by atoms with Gasteiger partial charge in [-0.25, -0.2) is 9.65 Å². The summed E-state index contributed by atoms with van der Waals surface area (Å²) < 4.78 is 14.8. The highest BCUT2D eigenvalue weighted by Gasteiger charge is 2.31. The van der Waals surface area contributed by atoms with E-state index in [4.69, 9.17) is 9.79 Å². The van der Waals surface area contributed by atoms with Gasteiger partial charge in [-0.3, -0.25) is 4.79 Å². The SMILES string of the molecule is O=C1OCC[C@@H]1NP(=O)(O)O. The van der Waals surface area contributed by atoms with Gasteiger partial charge in [-0.2, -0.15) is 0 Å². The molecule has 0 aromatic rings. The number of carbonyl (C=O) groups is 1. The normalized spacial score (nSPS) is 25.3. The standard InChI is InChI=1S/C4H8NO5P/c6-4-3(1-2-10-4)5-11(7,8)9/h3H,1-2H2,(H3,5,7,8,9)/t3-/m0/s1. The van der Waals surface area contributed by atoms with E-state index in [-0.39, 0.29) is 6.61 Å². The fraction of sp³-hybridized carbons (Fsp3) is 0.750. The van der Waals surface area contributed by atoms with Gasteiger partial charge >= 0.3 is 13.7 Å². The van der Waals surface area contributed by atoms with Crippen LogP contribution in [0, 0.1) is 0 Å². The molecule has 0 amide bonds. The molecule has 0 spiro atoms. The summed E-state index contributed by atoms with van der Waals surface area (Å²) in [4.78, 5) is 27.4. The minimum atomic E-state index is -4.30. The van der Waals surface area contributed by atoms with Gasteiger partial charge in [0.25, 0.3) is 0 Å². The third kappa shape index (κ3) is 2.59. The molecular weight excluding hydrogens is 173 g/mol. The first kappa shape index (κ1) is 8.67. The second-order valence-electron chi connectivity index (χ2n) is 2.18. The summed E-state index contributed by atoms with van der Waals surface area (Å²) in [5.74, 6) is -0.603. The van der Waals surface area contributed by atoms with Crippen molar-refractivity contribution in [3.8, 4) is 0 Å². The van der Waals surface area contributed by atoms with E-state index in [0.29, 0.717) is 6.42 Å². The van der Waals surface area contributed by atoms with Crippen molar-refractivity contribution >= 4 is 13.7 Å². The van der Waals surface area contributed by atoms with Gasteiger partial charge in [0.2, 0.25) is 0 Å². The highest BCUT2D eigenvalue weighted by Crippen LogP contribution is 2.30. The summed E-state index contributed by atoms with van der Waals surface area (Å²) in [5.41, 5.74) is 0. The number of rotatable bonds is 2. The monoisotopic (exact) mass is 181 g/mol. The highest BCUT2D eigenvalue weighted by atomic mass is 31.2. The Kier molecular flexibility index (Phi) is 2.29. The molecule has 0 unspecified atom stereocenters. The number of hydrogen-bond acceptors (Lipinski definition) is 3. The van der Waals surface area contributed by atoms with E-state index >= 15 is 0 Å². The topological polar surface area (TPSA) is 95.9 Å². The van der Waals surface area contributed by atoms with Gasteiger partial charge in [0.1, 0.15) is 6.04 Å². The Hall–Kier alpha value is -0.420. The van der Waals surface area contributed by atoms with Crippen LogP contribution in [0.15, 0.2) is 0 Å². The van der Waals surface area contributed by atoms with Crippen LogP contribution in [0.25, 0.3) is 0 Å². The van der Waals surface area contributed by atoms with Gasteiger partial charge in [0.15, 0.2) is 0 Å². The molecule has 6 nitrogen and oxygen atoms in total. The summed E-state index contributed by atoms with van der Waals surface area (Å²) >= 11 is 0. The average molecular weight is 181 g/mol. The van der Waals surface area contributed by atoms with Crippen molar-refractivity contribution in [3.63, 3.8) is 0 Å². The van der Waals surface area contributed by atoms with Gasteiger partial charge in [0, 0.05) is 6.42 Å². The van der Waals surface area contributed by atoms with Gasteiger partial charge in [-0.15, -0.1) is 0 Å². The minimum absolute atomic E-state index is 0.219. The Morgan fingerprint density at radius 3 is 2.64 bits per heavy atom. The van der Waals surface area contributed by atoms with Crippen LogP contribution in [0.3, 0.4) is 0 Å². The van der Waals surface area contributed by atoms with E-state index in [2.05, 4.69) is 4.74 Å². The van der Waals surface area contributed by atoms with E-state index in [1.165, 1.54) is 0 Å². The van der Waals surface area contributed by atoms with Crippen LogP contribution >= 0.6 is 7.75 Å². The van der Waals surface area contributed by atoms with Crippen molar-refractivity contribution in [2.75, 3.05) is 6.61 Å². The van der Waals surface area contributed by atoms with Crippen LogP contribution in [0.5, 0.6) is 0 Å². The van der Waals surface area contributed by atoms with Crippen molar-refractivity contribution in [2.45, 2.75) is 12.5 Å². The molecule has 11 heavy (non-hydrogen) atoms. The Morgan fingerprint density at radius 2 is 2.27 bits per heavy atom. The van der Waals surface area contributed by atoms with Crippen molar-refractivity contribution in [1.29, 1.82) is 0 Å². The highest BCUT2D eigenvalue weighted by molar-refractivity contribution is 7.49. The lowest BCUT2D eigenvalue weighted by Gasteiger charge is -2.08. The molecule has 7 heteroatoms. The number of hydrogen-bond donors (Lipinski definition) is 3. The molecule has 1 aliphatic rings. The van der Waals surface area contributed by atoms with Gasteiger partial charge in [-0.1, -0.05) is 0 Å². The first-order valence-electron chi connectivity index (χ1n) is 2.99. The van der Waals surface area contributed by atoms with Crippen LogP contribution in [-0.4, -0.2) is 28.4 Å². The van der Waals surface area contributed by atoms with E-state index in [1.54, 1.807) is 0 Å². The number of ether oxygens (including phenoxy) is 1. The second-order valence-corrected chi connectivity index (χ2v) is 3.53. The van der Waals surface area contributed by atoms with Gasteiger partial charge < -0.3 is 14.5 Å². The molecule has 0 aliphatic carbocycles. The zero-order valence-corrected chi connectivity index (χ0v) is 6.45. The number of carbonyl (C=O) groups excluding carboxylic acids is 1. The third-order valence-electron chi connectivity index (χ3n) is 1.26. The minimum Gasteiger partial charge on any atom is -0.464 e. The maximum absolute atomic E-state index is 10.6. The molecule has 1 saturated heterocycles. The molecule has 0 bridgehead atoms. The van der Waals surface area contributed by atoms with Crippen LogP contribution in [-0.2, 0) is 14.1 Å². The maximum Gasteiger partial charge on any atom is 0.401 e. The Labute approximate surface area is 62.8 Å². The summed E-state index contributed by atoms with van der Waals surface area (Å²) in [7, 11) is -4.30. The van der Waals surface area contributed by atoms with Crippen molar-refractivity contribution in [2.24, 2.45) is 0 Å². The number of esters is 1. The summed E-state index contributed by atoms with van der Waals surface area (Å²) in [6.45, 7) is 0.219. The zero-order chi connectivity index (χ0) is 8.48. The van der Waals surface area contributed by atoms with Crippen molar-refractivity contribution in [3.05, 3.63) is 0 Å².